The molecule has 2 aromatic carbocycles. The Morgan fingerprint density at radius 2 is 1.14 bits per heavy atom. The summed E-state index contributed by atoms with van der Waals surface area (Å²) in [5.41, 5.74) is 6.15. The fourth-order valence-electron chi connectivity index (χ4n) is 2.66. The maximum atomic E-state index is 4.51. The summed E-state index contributed by atoms with van der Waals surface area (Å²) >= 11 is 9.71. The summed E-state index contributed by atoms with van der Waals surface area (Å²) in [6, 6.07) is 4.33. The second kappa shape index (κ2) is 4.39. The van der Waals surface area contributed by atoms with Gasteiger partial charge < -0.3 is 0 Å². The fourth-order valence-corrected chi connectivity index (χ4v) is 6.92. The molecule has 0 N–H and O–H groups in total. The van der Waals surface area contributed by atoms with E-state index in [-0.39, 0.29) is 0 Å². The lowest BCUT2D eigenvalue weighted by Gasteiger charge is -2.04. The molecule has 21 heavy (non-hydrogen) atoms. The molecule has 9 heteroatoms. The van der Waals surface area contributed by atoms with Crippen LogP contribution in [-0.4, -0.2) is 27.0 Å². The SMILES string of the molecule is Brc1cc2c(c3nsnc13)-c1c(cc(Br)c3nsnc13)[Si]2. The van der Waals surface area contributed by atoms with E-state index >= 15 is 0 Å². The van der Waals surface area contributed by atoms with Crippen molar-refractivity contribution in [1.29, 1.82) is 0 Å². The van der Waals surface area contributed by atoms with Gasteiger partial charge in [0.25, 0.3) is 0 Å². The van der Waals surface area contributed by atoms with E-state index in [4.69, 9.17) is 0 Å². The van der Waals surface area contributed by atoms with Gasteiger partial charge in [-0.1, -0.05) is 0 Å². The fraction of sp³-hybridized carbons (Fsp3) is 0. The van der Waals surface area contributed by atoms with Gasteiger partial charge in [0.1, 0.15) is 31.6 Å². The van der Waals surface area contributed by atoms with Gasteiger partial charge in [-0.15, -0.1) is 0 Å². The van der Waals surface area contributed by atoms with Gasteiger partial charge in [-0.25, -0.2) is 0 Å². The standard InChI is InChI=1S/C12H2Br2N4S2Si/c13-3-1-5-7(11-9(3)15-19-17-11)8-6(21-5)2-4(14)10-12(8)18-20-16-10/h1-2H. The van der Waals surface area contributed by atoms with E-state index in [9.17, 15) is 0 Å². The number of halogens is 2. The van der Waals surface area contributed by atoms with E-state index in [2.05, 4.69) is 61.5 Å². The average molecular weight is 454 g/mol. The quantitative estimate of drug-likeness (QED) is 0.338. The Morgan fingerprint density at radius 1 is 0.714 bits per heavy atom. The van der Waals surface area contributed by atoms with E-state index in [1.54, 1.807) is 0 Å². The van der Waals surface area contributed by atoms with Gasteiger partial charge >= 0.3 is 0 Å². The van der Waals surface area contributed by atoms with E-state index in [1.165, 1.54) is 45.0 Å². The molecule has 100 valence electrons. The number of nitrogens with zero attached hydrogens (tertiary/aromatic N) is 4. The monoisotopic (exact) mass is 452 g/mol. The topological polar surface area (TPSA) is 51.6 Å². The highest BCUT2D eigenvalue weighted by atomic mass is 79.9. The van der Waals surface area contributed by atoms with Crippen LogP contribution in [0.4, 0.5) is 0 Å². The zero-order valence-electron chi connectivity index (χ0n) is 10.0. The zero-order chi connectivity index (χ0) is 14.1. The van der Waals surface area contributed by atoms with Crippen molar-refractivity contribution in [3.8, 4) is 11.1 Å². The molecule has 0 unspecified atom stereocenters. The molecule has 0 bridgehead atoms. The number of hydrogen-bond acceptors (Lipinski definition) is 6. The van der Waals surface area contributed by atoms with Crippen LogP contribution in [0.2, 0.25) is 0 Å². The Bertz CT molecular complexity index is 974. The molecule has 4 nitrogen and oxygen atoms in total. The van der Waals surface area contributed by atoms with Crippen molar-refractivity contribution in [1.82, 2.24) is 17.5 Å². The Hall–Kier alpha value is -0.743. The zero-order valence-corrected chi connectivity index (χ0v) is 15.8. The van der Waals surface area contributed by atoms with Gasteiger partial charge in [0.15, 0.2) is 0 Å². The number of rotatable bonds is 0. The van der Waals surface area contributed by atoms with E-state index in [0.29, 0.717) is 9.52 Å². The molecule has 4 aromatic rings. The summed E-state index contributed by atoms with van der Waals surface area (Å²) in [6.07, 6.45) is 0. The summed E-state index contributed by atoms with van der Waals surface area (Å²) in [6.45, 7) is 0. The van der Waals surface area contributed by atoms with Crippen molar-refractivity contribution in [3.05, 3.63) is 21.1 Å². The first-order valence-electron chi connectivity index (χ1n) is 5.91. The van der Waals surface area contributed by atoms with Gasteiger partial charge in [-0.2, -0.15) is 17.5 Å². The summed E-state index contributed by atoms with van der Waals surface area (Å²) in [5, 5.41) is 2.59. The number of benzene rings is 2. The number of aromatic nitrogens is 4. The molecular weight excluding hydrogens is 452 g/mol. The molecule has 5 rings (SSSR count). The van der Waals surface area contributed by atoms with Crippen molar-refractivity contribution in [2.24, 2.45) is 0 Å². The third kappa shape index (κ3) is 1.63. The molecule has 0 spiro atoms. The van der Waals surface area contributed by atoms with Crippen molar-refractivity contribution >= 4 is 97.3 Å². The van der Waals surface area contributed by atoms with Crippen LogP contribution in [0.1, 0.15) is 0 Å². The van der Waals surface area contributed by atoms with Crippen LogP contribution in [0.25, 0.3) is 33.2 Å². The molecule has 2 radical (unpaired) electrons. The third-order valence-electron chi connectivity index (χ3n) is 3.50. The summed E-state index contributed by atoms with van der Waals surface area (Å²) in [4.78, 5) is 0. The highest BCUT2D eigenvalue weighted by Gasteiger charge is 2.29. The first-order valence-corrected chi connectivity index (χ1v) is 9.95. The van der Waals surface area contributed by atoms with Gasteiger partial charge in [-0.3, -0.25) is 0 Å². The minimum Gasteiger partial charge on any atom is -0.172 e. The average Bonchev–Trinajstić information content (AvgIpc) is 3.14. The smallest absolute Gasteiger partial charge is 0.123 e. The van der Waals surface area contributed by atoms with Crippen LogP contribution < -0.4 is 10.4 Å². The van der Waals surface area contributed by atoms with Crippen LogP contribution in [0.15, 0.2) is 21.1 Å². The van der Waals surface area contributed by atoms with E-state index in [0.717, 1.165) is 31.0 Å². The lowest BCUT2D eigenvalue weighted by Crippen LogP contribution is -2.21. The minimum atomic E-state index is 0.609. The largest absolute Gasteiger partial charge is 0.172 e. The van der Waals surface area contributed by atoms with E-state index in [1.807, 2.05) is 0 Å². The molecule has 2 aromatic heterocycles. The first-order chi connectivity index (χ1) is 10.2. The highest BCUT2D eigenvalue weighted by molar-refractivity contribution is 9.11. The van der Waals surface area contributed by atoms with Gasteiger partial charge in [0, 0.05) is 20.1 Å². The molecule has 0 fully saturated rings. The van der Waals surface area contributed by atoms with Crippen molar-refractivity contribution in [2.45, 2.75) is 0 Å². The molecule has 1 aliphatic rings. The van der Waals surface area contributed by atoms with Crippen LogP contribution in [0.3, 0.4) is 0 Å². The molecule has 0 saturated carbocycles. The molecule has 0 aliphatic carbocycles. The molecule has 0 saturated heterocycles. The molecule has 1 aliphatic heterocycles. The first kappa shape index (κ1) is 12.8. The maximum absolute atomic E-state index is 4.51. The van der Waals surface area contributed by atoms with Gasteiger partial charge in [0.2, 0.25) is 0 Å². The molecular formula is C12H2Br2N4S2Si. The van der Waals surface area contributed by atoms with Crippen LogP contribution in [0, 0.1) is 0 Å². The normalized spacial score (nSPS) is 13.0. The predicted molar refractivity (Wildman–Crippen MR) is 94.2 cm³/mol. The van der Waals surface area contributed by atoms with Gasteiger partial charge in [-0.05, 0) is 54.4 Å². The van der Waals surface area contributed by atoms with Gasteiger partial charge in [0.05, 0.1) is 23.5 Å². The lowest BCUT2D eigenvalue weighted by atomic mass is 10.0. The minimum absolute atomic E-state index is 0.609. The Labute approximate surface area is 146 Å². The highest BCUT2D eigenvalue weighted by Crippen LogP contribution is 2.37. The van der Waals surface area contributed by atoms with Crippen LogP contribution >= 0.6 is 55.3 Å². The van der Waals surface area contributed by atoms with Crippen LogP contribution in [0.5, 0.6) is 0 Å². The molecule has 0 atom stereocenters. The number of fused-ring (bicyclic) bond motifs is 7. The maximum Gasteiger partial charge on any atom is 0.123 e. The molecule has 3 heterocycles. The summed E-state index contributed by atoms with van der Waals surface area (Å²) in [7, 11) is 0.609. The van der Waals surface area contributed by atoms with E-state index < -0.39 is 0 Å². The summed E-state index contributed by atoms with van der Waals surface area (Å²) in [5.74, 6) is 0. The second-order valence-electron chi connectivity index (χ2n) is 4.61. The lowest BCUT2D eigenvalue weighted by molar-refractivity contribution is 1.61. The van der Waals surface area contributed by atoms with Crippen LogP contribution in [-0.2, 0) is 0 Å². The summed E-state index contributed by atoms with van der Waals surface area (Å²) < 4.78 is 19.8. The Kier molecular flexibility index (Phi) is 2.67. The molecule has 0 amide bonds. The van der Waals surface area contributed by atoms with Crippen molar-refractivity contribution in [3.63, 3.8) is 0 Å². The predicted octanol–water partition coefficient (Wildman–Crippen LogP) is 2.86. The Morgan fingerprint density at radius 3 is 1.62 bits per heavy atom. The Balaban J connectivity index is 2.02. The van der Waals surface area contributed by atoms with Crippen molar-refractivity contribution < 1.29 is 0 Å². The second-order valence-corrected chi connectivity index (χ2v) is 8.70. The van der Waals surface area contributed by atoms with Crippen molar-refractivity contribution in [2.75, 3.05) is 0 Å². The number of hydrogen-bond donors (Lipinski definition) is 0. The third-order valence-corrected chi connectivity index (χ3v) is 7.10.